The number of nitrogens with one attached hydrogen (secondary N) is 2. The number of carbonyl (C=O) groups is 1. The average Bonchev–Trinajstić information content (AvgIpc) is 2.56. The molecule has 1 amide bonds. The molecule has 0 unspecified atom stereocenters. The van der Waals surface area contributed by atoms with Gasteiger partial charge in [0.25, 0.3) is 0 Å². The topological polar surface area (TPSA) is 54.0 Å². The summed E-state index contributed by atoms with van der Waals surface area (Å²) >= 11 is 1.64. The van der Waals surface area contributed by atoms with Gasteiger partial charge in [0, 0.05) is 29.9 Å². The van der Waals surface area contributed by atoms with Crippen molar-refractivity contribution in [2.24, 2.45) is 0 Å². The van der Waals surface area contributed by atoms with Crippen molar-refractivity contribution in [1.82, 2.24) is 15.6 Å². The Labute approximate surface area is 107 Å². The number of amides is 1. The summed E-state index contributed by atoms with van der Waals surface area (Å²) in [7, 11) is 0. The van der Waals surface area contributed by atoms with Gasteiger partial charge in [-0.2, -0.15) is 0 Å². The SMILES string of the molecule is Cc1ncsc1CNCCC(=O)NC(C)(C)C. The van der Waals surface area contributed by atoms with E-state index in [1.165, 1.54) is 4.88 Å². The molecule has 0 bridgehead atoms. The minimum atomic E-state index is -0.147. The van der Waals surface area contributed by atoms with Crippen LogP contribution >= 0.6 is 11.3 Å². The fourth-order valence-electron chi connectivity index (χ4n) is 1.38. The van der Waals surface area contributed by atoms with Crippen LogP contribution in [-0.4, -0.2) is 23.0 Å². The fraction of sp³-hybridized carbons (Fsp3) is 0.667. The van der Waals surface area contributed by atoms with E-state index in [0.29, 0.717) is 13.0 Å². The molecule has 0 saturated heterocycles. The molecule has 17 heavy (non-hydrogen) atoms. The molecule has 0 spiro atoms. The highest BCUT2D eigenvalue weighted by atomic mass is 32.1. The highest BCUT2D eigenvalue weighted by Gasteiger charge is 2.12. The Hall–Kier alpha value is -0.940. The molecule has 0 aliphatic rings. The number of nitrogens with zero attached hydrogens (tertiary/aromatic N) is 1. The molecule has 1 aromatic heterocycles. The van der Waals surface area contributed by atoms with E-state index in [0.717, 1.165) is 12.2 Å². The third-order valence-corrected chi connectivity index (χ3v) is 3.11. The van der Waals surface area contributed by atoms with E-state index in [9.17, 15) is 4.79 Å². The predicted molar refractivity (Wildman–Crippen MR) is 71.1 cm³/mol. The zero-order valence-corrected chi connectivity index (χ0v) is 11.8. The molecule has 0 aromatic carbocycles. The van der Waals surface area contributed by atoms with Gasteiger partial charge in [-0.25, -0.2) is 4.98 Å². The van der Waals surface area contributed by atoms with Crippen LogP contribution in [0, 0.1) is 6.92 Å². The van der Waals surface area contributed by atoms with Crippen molar-refractivity contribution in [3.05, 3.63) is 16.1 Å². The highest BCUT2D eigenvalue weighted by molar-refractivity contribution is 7.09. The molecular weight excluding hydrogens is 234 g/mol. The van der Waals surface area contributed by atoms with Crippen molar-refractivity contribution in [2.75, 3.05) is 6.54 Å². The monoisotopic (exact) mass is 255 g/mol. The van der Waals surface area contributed by atoms with Gasteiger partial charge in [-0.1, -0.05) is 0 Å². The van der Waals surface area contributed by atoms with Gasteiger partial charge in [0.2, 0.25) is 5.91 Å². The third kappa shape index (κ3) is 5.79. The summed E-state index contributed by atoms with van der Waals surface area (Å²) in [6, 6.07) is 0. The van der Waals surface area contributed by atoms with Crippen LogP contribution in [0.5, 0.6) is 0 Å². The maximum Gasteiger partial charge on any atom is 0.221 e. The summed E-state index contributed by atoms with van der Waals surface area (Å²) in [6.07, 6.45) is 0.509. The van der Waals surface area contributed by atoms with Crippen LogP contribution in [0.3, 0.4) is 0 Å². The number of carbonyl (C=O) groups excluding carboxylic acids is 1. The molecule has 1 aromatic rings. The first-order valence-corrected chi connectivity index (χ1v) is 6.67. The molecule has 96 valence electrons. The molecule has 0 atom stereocenters. The van der Waals surface area contributed by atoms with Gasteiger partial charge in [0.1, 0.15) is 0 Å². The Morgan fingerprint density at radius 3 is 2.71 bits per heavy atom. The number of rotatable bonds is 5. The molecular formula is C12H21N3OS. The molecule has 0 saturated carbocycles. The van der Waals surface area contributed by atoms with Crippen LogP contribution in [0.2, 0.25) is 0 Å². The Kier molecular flexibility index (Phi) is 5.08. The Balaban J connectivity index is 2.17. The third-order valence-electron chi connectivity index (χ3n) is 2.17. The van der Waals surface area contributed by atoms with Crippen molar-refractivity contribution in [3.63, 3.8) is 0 Å². The van der Waals surface area contributed by atoms with E-state index >= 15 is 0 Å². The van der Waals surface area contributed by atoms with Crippen molar-refractivity contribution < 1.29 is 4.79 Å². The second kappa shape index (κ2) is 6.12. The van der Waals surface area contributed by atoms with Crippen molar-refractivity contribution >= 4 is 17.2 Å². The van der Waals surface area contributed by atoms with Gasteiger partial charge >= 0.3 is 0 Å². The standard InChI is InChI=1S/C12H21N3OS/c1-9-10(17-8-14-9)7-13-6-5-11(16)15-12(2,3)4/h8,13H,5-7H2,1-4H3,(H,15,16). The zero-order chi connectivity index (χ0) is 12.9. The quantitative estimate of drug-likeness (QED) is 0.789. The smallest absolute Gasteiger partial charge is 0.221 e. The Morgan fingerprint density at radius 1 is 1.47 bits per heavy atom. The van der Waals surface area contributed by atoms with Crippen molar-refractivity contribution in [1.29, 1.82) is 0 Å². The largest absolute Gasteiger partial charge is 0.351 e. The number of aromatic nitrogens is 1. The second-order valence-electron chi connectivity index (χ2n) is 5.09. The number of hydrogen-bond acceptors (Lipinski definition) is 4. The maximum absolute atomic E-state index is 11.5. The molecule has 5 heteroatoms. The first-order chi connectivity index (χ1) is 7.88. The highest BCUT2D eigenvalue weighted by Crippen LogP contribution is 2.10. The molecule has 2 N–H and O–H groups in total. The number of aryl methyl sites for hydroxylation is 1. The van der Waals surface area contributed by atoms with Crippen LogP contribution in [0.25, 0.3) is 0 Å². The van der Waals surface area contributed by atoms with E-state index in [4.69, 9.17) is 0 Å². The maximum atomic E-state index is 11.5. The fourth-order valence-corrected chi connectivity index (χ4v) is 2.13. The predicted octanol–water partition coefficient (Wildman–Crippen LogP) is 1.85. The minimum Gasteiger partial charge on any atom is -0.351 e. The van der Waals surface area contributed by atoms with E-state index in [1.54, 1.807) is 11.3 Å². The first-order valence-electron chi connectivity index (χ1n) is 5.79. The molecule has 1 rings (SSSR count). The van der Waals surface area contributed by atoms with Gasteiger partial charge in [0.05, 0.1) is 11.2 Å². The van der Waals surface area contributed by atoms with Crippen molar-refractivity contribution in [3.8, 4) is 0 Å². The average molecular weight is 255 g/mol. The summed E-state index contributed by atoms with van der Waals surface area (Å²) < 4.78 is 0. The minimum absolute atomic E-state index is 0.0889. The summed E-state index contributed by atoms with van der Waals surface area (Å²) in [5, 5.41) is 6.19. The second-order valence-corrected chi connectivity index (χ2v) is 6.03. The van der Waals surface area contributed by atoms with Crippen molar-refractivity contribution in [2.45, 2.75) is 46.2 Å². The van der Waals surface area contributed by atoms with Crippen LogP contribution in [0.1, 0.15) is 37.8 Å². The van der Waals surface area contributed by atoms with Gasteiger partial charge in [0.15, 0.2) is 0 Å². The van der Waals surface area contributed by atoms with Crippen LogP contribution in [0.15, 0.2) is 5.51 Å². The number of thiazole rings is 1. The van der Waals surface area contributed by atoms with Gasteiger partial charge in [-0.05, 0) is 27.7 Å². The van der Waals surface area contributed by atoms with E-state index in [2.05, 4.69) is 15.6 Å². The first kappa shape index (κ1) is 14.1. The van der Waals surface area contributed by atoms with Gasteiger partial charge < -0.3 is 10.6 Å². The lowest BCUT2D eigenvalue weighted by atomic mass is 10.1. The molecule has 0 aliphatic heterocycles. The van der Waals surface area contributed by atoms with E-state index < -0.39 is 0 Å². The normalized spacial score (nSPS) is 11.5. The lowest BCUT2D eigenvalue weighted by Gasteiger charge is -2.20. The summed E-state index contributed by atoms with van der Waals surface area (Å²) in [4.78, 5) is 16.9. The van der Waals surface area contributed by atoms with E-state index in [-0.39, 0.29) is 11.4 Å². The Bertz CT molecular complexity index is 368. The summed E-state index contributed by atoms with van der Waals surface area (Å²) in [6.45, 7) is 9.44. The van der Waals surface area contributed by atoms with E-state index in [1.807, 2.05) is 33.2 Å². The molecule has 0 radical (unpaired) electrons. The molecule has 4 nitrogen and oxygen atoms in total. The molecule has 1 heterocycles. The van der Waals surface area contributed by atoms with Crippen LogP contribution < -0.4 is 10.6 Å². The molecule has 0 aliphatic carbocycles. The zero-order valence-electron chi connectivity index (χ0n) is 11.0. The Morgan fingerprint density at radius 2 is 2.18 bits per heavy atom. The summed E-state index contributed by atoms with van der Waals surface area (Å²) in [5.41, 5.74) is 2.77. The van der Waals surface area contributed by atoms with Gasteiger partial charge in [-0.15, -0.1) is 11.3 Å². The lowest BCUT2D eigenvalue weighted by molar-refractivity contribution is -0.122. The summed E-state index contributed by atoms with van der Waals surface area (Å²) in [5.74, 6) is 0.0889. The van der Waals surface area contributed by atoms with Crippen LogP contribution in [-0.2, 0) is 11.3 Å². The van der Waals surface area contributed by atoms with Gasteiger partial charge in [-0.3, -0.25) is 4.79 Å². The lowest BCUT2D eigenvalue weighted by Crippen LogP contribution is -2.41. The van der Waals surface area contributed by atoms with Crippen LogP contribution in [0.4, 0.5) is 0 Å². The number of hydrogen-bond donors (Lipinski definition) is 2. The molecule has 0 fully saturated rings.